The van der Waals surface area contributed by atoms with Crippen LogP contribution in [0.2, 0.25) is 10.0 Å². The molecule has 3 aromatic carbocycles. The molecular weight excluding hydrogens is 617 g/mol. The van der Waals surface area contributed by atoms with Crippen LogP contribution in [-0.2, 0) is 26.2 Å². The molecule has 0 fully saturated rings. The first kappa shape index (κ1) is 33.6. The Hall–Kier alpha value is -2.92. The van der Waals surface area contributed by atoms with Gasteiger partial charge in [0.2, 0.25) is 11.8 Å². The maximum absolute atomic E-state index is 14.1. The van der Waals surface area contributed by atoms with E-state index < -0.39 is 28.5 Å². The molecule has 1 N–H and O–H groups in total. The quantitative estimate of drug-likeness (QED) is 0.207. The highest BCUT2D eigenvalue weighted by molar-refractivity contribution is 7.98. The molecule has 0 unspecified atom stereocenters. The van der Waals surface area contributed by atoms with Crippen LogP contribution in [0.3, 0.4) is 0 Å². The fourth-order valence-corrected chi connectivity index (χ4v) is 6.68. The summed E-state index contributed by atoms with van der Waals surface area (Å²) in [7, 11) is -4.20. The van der Waals surface area contributed by atoms with Crippen molar-refractivity contribution in [3.8, 4) is 5.75 Å². The van der Waals surface area contributed by atoms with Crippen molar-refractivity contribution in [2.75, 3.05) is 30.3 Å². The fourth-order valence-electron chi connectivity index (χ4n) is 4.34. The highest BCUT2D eigenvalue weighted by Gasteiger charge is 2.34. The van der Waals surface area contributed by atoms with Gasteiger partial charge in [0, 0.05) is 33.6 Å². The zero-order valence-corrected chi connectivity index (χ0v) is 27.1. The molecule has 2 amide bonds. The van der Waals surface area contributed by atoms with E-state index in [0.717, 1.165) is 9.20 Å². The van der Waals surface area contributed by atoms with Gasteiger partial charge in [-0.15, -0.1) is 11.8 Å². The number of nitrogens with zero attached hydrogens (tertiary/aromatic N) is 2. The summed E-state index contributed by atoms with van der Waals surface area (Å²) < 4.78 is 34.6. The van der Waals surface area contributed by atoms with Crippen LogP contribution in [0, 0.1) is 0 Å². The summed E-state index contributed by atoms with van der Waals surface area (Å²) in [5.74, 6) is -0.395. The Labute approximate surface area is 262 Å². The number of hydrogen-bond donors (Lipinski definition) is 1. The Morgan fingerprint density at radius 2 is 1.57 bits per heavy atom. The smallest absolute Gasteiger partial charge is 0.264 e. The maximum atomic E-state index is 14.1. The Bertz CT molecular complexity index is 1450. The number of hydrogen-bond acceptors (Lipinski definition) is 6. The number of thioether (sulfide) groups is 1. The molecule has 3 aromatic rings. The van der Waals surface area contributed by atoms with E-state index in [-0.39, 0.29) is 29.5 Å². The van der Waals surface area contributed by atoms with Gasteiger partial charge < -0.3 is 15.0 Å². The number of halogens is 2. The number of anilines is 1. The van der Waals surface area contributed by atoms with Crippen LogP contribution in [0.15, 0.2) is 76.5 Å². The van der Waals surface area contributed by atoms with Gasteiger partial charge in [0.1, 0.15) is 18.3 Å². The average molecular weight is 653 g/mol. The van der Waals surface area contributed by atoms with Gasteiger partial charge in [-0.25, -0.2) is 8.42 Å². The number of carbonyl (C=O) groups excluding carboxylic acids is 2. The molecule has 42 heavy (non-hydrogen) atoms. The molecule has 0 aliphatic heterocycles. The summed E-state index contributed by atoms with van der Waals surface area (Å²) in [4.78, 5) is 29.5. The van der Waals surface area contributed by atoms with Gasteiger partial charge in [-0.3, -0.25) is 13.9 Å². The lowest BCUT2D eigenvalue weighted by Crippen LogP contribution is -2.52. The lowest BCUT2D eigenvalue weighted by Gasteiger charge is -2.33. The van der Waals surface area contributed by atoms with Gasteiger partial charge in [-0.2, -0.15) is 0 Å². The second-order valence-electron chi connectivity index (χ2n) is 9.15. The molecule has 0 bridgehead atoms. The molecule has 0 aliphatic carbocycles. The van der Waals surface area contributed by atoms with Gasteiger partial charge in [0.15, 0.2) is 0 Å². The minimum Gasteiger partial charge on any atom is -0.494 e. The van der Waals surface area contributed by atoms with Crippen molar-refractivity contribution in [1.29, 1.82) is 0 Å². The molecule has 3 rings (SSSR count). The number of carbonyl (C=O) groups is 2. The van der Waals surface area contributed by atoms with Gasteiger partial charge in [-0.05, 0) is 87.2 Å². The number of likely N-dealkylation sites (N-methyl/N-ethyl adjacent to an activating group) is 1. The van der Waals surface area contributed by atoms with Crippen molar-refractivity contribution in [1.82, 2.24) is 10.2 Å². The van der Waals surface area contributed by atoms with Crippen LogP contribution in [0.25, 0.3) is 0 Å². The molecular formula is C30H35Cl2N3O5S2. The van der Waals surface area contributed by atoms with E-state index in [2.05, 4.69) is 5.32 Å². The van der Waals surface area contributed by atoms with E-state index in [1.54, 1.807) is 68.4 Å². The molecule has 0 heterocycles. The van der Waals surface area contributed by atoms with Gasteiger partial charge >= 0.3 is 0 Å². The minimum atomic E-state index is -4.20. The highest BCUT2D eigenvalue weighted by atomic mass is 35.5. The van der Waals surface area contributed by atoms with E-state index in [1.165, 1.54) is 28.8 Å². The number of nitrogens with one attached hydrogen (secondary N) is 1. The predicted molar refractivity (Wildman–Crippen MR) is 170 cm³/mol. The van der Waals surface area contributed by atoms with E-state index in [0.29, 0.717) is 34.5 Å². The van der Waals surface area contributed by atoms with Crippen molar-refractivity contribution in [3.05, 3.63) is 82.3 Å². The molecule has 0 aliphatic rings. The molecule has 0 radical (unpaired) electrons. The highest BCUT2D eigenvalue weighted by Crippen LogP contribution is 2.30. The molecule has 8 nitrogen and oxygen atoms in total. The van der Waals surface area contributed by atoms with Crippen LogP contribution >= 0.6 is 35.0 Å². The van der Waals surface area contributed by atoms with Crippen LogP contribution in [-0.4, -0.2) is 57.1 Å². The lowest BCUT2D eigenvalue weighted by molar-refractivity contribution is -0.140. The summed E-state index contributed by atoms with van der Waals surface area (Å²) >= 11 is 14.4. The van der Waals surface area contributed by atoms with Crippen LogP contribution in [0.5, 0.6) is 5.75 Å². The SMILES string of the molecule is CCNC(=O)[C@@H](CC)N(Cc1c(Cl)cccc1Cl)C(=O)CN(c1ccc(OCC)cc1)S(=O)(=O)c1ccc(SC)cc1. The number of amides is 2. The Morgan fingerprint density at radius 1 is 0.952 bits per heavy atom. The molecule has 12 heteroatoms. The number of ether oxygens (including phenoxy) is 1. The van der Waals surface area contributed by atoms with Gasteiger partial charge in [0.25, 0.3) is 10.0 Å². The van der Waals surface area contributed by atoms with Crippen molar-refractivity contribution in [3.63, 3.8) is 0 Å². The van der Waals surface area contributed by atoms with E-state index in [9.17, 15) is 18.0 Å². The second kappa shape index (κ2) is 15.5. The predicted octanol–water partition coefficient (Wildman–Crippen LogP) is 6.25. The Kier molecular flexibility index (Phi) is 12.4. The maximum Gasteiger partial charge on any atom is 0.264 e. The molecule has 226 valence electrons. The molecule has 0 saturated heterocycles. The average Bonchev–Trinajstić information content (AvgIpc) is 2.98. The third kappa shape index (κ3) is 8.12. The molecule has 0 saturated carbocycles. The number of rotatable bonds is 14. The molecule has 0 aromatic heterocycles. The molecule has 1 atom stereocenters. The normalized spacial score (nSPS) is 12.0. The fraction of sp³-hybridized carbons (Fsp3) is 0.333. The van der Waals surface area contributed by atoms with Gasteiger partial charge in [-0.1, -0.05) is 36.2 Å². The van der Waals surface area contributed by atoms with Crippen molar-refractivity contribution in [2.45, 2.75) is 49.6 Å². The first-order chi connectivity index (χ1) is 20.1. The van der Waals surface area contributed by atoms with Crippen LogP contribution in [0.4, 0.5) is 5.69 Å². The summed E-state index contributed by atoms with van der Waals surface area (Å²) in [6, 6.07) is 17.0. The molecule has 0 spiro atoms. The van der Waals surface area contributed by atoms with Crippen LogP contribution in [0.1, 0.15) is 32.8 Å². The van der Waals surface area contributed by atoms with Crippen molar-refractivity contribution in [2.24, 2.45) is 0 Å². The third-order valence-electron chi connectivity index (χ3n) is 6.49. The zero-order chi connectivity index (χ0) is 30.9. The van der Waals surface area contributed by atoms with E-state index in [4.69, 9.17) is 27.9 Å². The summed E-state index contributed by atoms with van der Waals surface area (Å²) in [5.41, 5.74) is 0.725. The minimum absolute atomic E-state index is 0.0263. The largest absolute Gasteiger partial charge is 0.494 e. The van der Waals surface area contributed by atoms with E-state index >= 15 is 0 Å². The summed E-state index contributed by atoms with van der Waals surface area (Å²) in [6.07, 6.45) is 2.18. The third-order valence-corrected chi connectivity index (χ3v) is 9.73. The van der Waals surface area contributed by atoms with Gasteiger partial charge in [0.05, 0.1) is 17.2 Å². The topological polar surface area (TPSA) is 96.0 Å². The number of sulfonamides is 1. The standard InChI is InChI=1S/C30H35Cl2N3O5S2/c1-5-28(30(37)33-6-2)34(19-25-26(31)9-8-10-27(25)32)29(36)20-35(21-11-13-22(14-12-21)40-7-3)42(38,39)24-17-15-23(41-4)16-18-24/h8-18,28H,5-7,19-20H2,1-4H3,(H,33,37)/t28-/m1/s1. The second-order valence-corrected chi connectivity index (χ2v) is 12.7. The summed E-state index contributed by atoms with van der Waals surface area (Å²) in [5, 5.41) is 3.43. The van der Waals surface area contributed by atoms with E-state index in [1.807, 2.05) is 13.2 Å². The van der Waals surface area contributed by atoms with Crippen molar-refractivity contribution < 1.29 is 22.7 Å². The first-order valence-electron chi connectivity index (χ1n) is 13.5. The van der Waals surface area contributed by atoms with Crippen LogP contribution < -0.4 is 14.4 Å². The lowest BCUT2D eigenvalue weighted by atomic mass is 10.1. The zero-order valence-electron chi connectivity index (χ0n) is 24.0. The number of benzene rings is 3. The monoisotopic (exact) mass is 651 g/mol. The Balaban J connectivity index is 2.10. The Morgan fingerprint density at radius 3 is 2.10 bits per heavy atom. The summed E-state index contributed by atoms with van der Waals surface area (Å²) in [6.45, 7) is 5.56. The first-order valence-corrected chi connectivity index (χ1v) is 16.9. The van der Waals surface area contributed by atoms with Crippen molar-refractivity contribution >= 4 is 62.5 Å².